The molecule has 0 fully saturated rings. The van der Waals surface area contributed by atoms with E-state index in [2.05, 4.69) is 36.6 Å². The molecule has 0 spiro atoms. The van der Waals surface area contributed by atoms with E-state index in [-0.39, 0.29) is 0 Å². The Bertz CT molecular complexity index is 526. The molecule has 0 aliphatic carbocycles. The number of sulfonamides is 1. The van der Waals surface area contributed by atoms with Crippen LogP contribution in [0.4, 0.5) is 5.69 Å². The maximum absolute atomic E-state index is 11.4. The lowest BCUT2D eigenvalue weighted by Gasteiger charge is -2.10. The number of nitrogens with zero attached hydrogens (tertiary/aromatic N) is 1. The Morgan fingerprint density at radius 3 is 2.31 bits per heavy atom. The summed E-state index contributed by atoms with van der Waals surface area (Å²) in [6, 6.07) is 5.17. The second-order valence-corrected chi connectivity index (χ2v) is 6.55. The van der Waals surface area contributed by atoms with Gasteiger partial charge < -0.3 is 0 Å². The molecule has 4 nitrogen and oxygen atoms in total. The van der Waals surface area contributed by atoms with Gasteiger partial charge >= 0.3 is 0 Å². The summed E-state index contributed by atoms with van der Waals surface area (Å²) in [5.41, 5.74) is 1.39. The quantitative estimate of drug-likeness (QED) is 0.892. The molecule has 0 radical (unpaired) electrons. The van der Waals surface area contributed by atoms with Gasteiger partial charge in [0, 0.05) is 8.95 Å². The molecule has 16 heavy (non-hydrogen) atoms. The number of hydrogen-bond acceptors (Lipinski definition) is 3. The van der Waals surface area contributed by atoms with Crippen molar-refractivity contribution in [2.45, 2.75) is 6.92 Å². The molecule has 0 saturated heterocycles. The van der Waals surface area contributed by atoms with Crippen LogP contribution in [-0.2, 0) is 10.0 Å². The van der Waals surface area contributed by atoms with E-state index in [1.54, 1.807) is 18.2 Å². The summed E-state index contributed by atoms with van der Waals surface area (Å²) in [5, 5.41) is 8.37. The largest absolute Gasteiger partial charge is 0.280 e. The van der Waals surface area contributed by atoms with Gasteiger partial charge in [-0.2, -0.15) is 5.26 Å². The Hall–Kier alpha value is -0.580. The summed E-state index contributed by atoms with van der Waals surface area (Å²) in [7, 11) is -3.61. The van der Waals surface area contributed by atoms with E-state index in [4.69, 9.17) is 5.26 Å². The molecular formula is C9H8Br2N2O2S. The van der Waals surface area contributed by atoms with Gasteiger partial charge in [0.25, 0.3) is 0 Å². The van der Waals surface area contributed by atoms with Crippen molar-refractivity contribution in [3.63, 3.8) is 0 Å². The van der Waals surface area contributed by atoms with Crippen LogP contribution in [0.3, 0.4) is 0 Å². The lowest BCUT2D eigenvalue weighted by Crippen LogP contribution is -2.16. The first-order valence-electron chi connectivity index (χ1n) is 4.19. The standard InChI is InChI=1S/C9H8Br2N2O2S/c1-6-4-7(10)9(8(11)5-6)13-16(14,15)3-2-12/h4-5,13H,3H2,1H3. The molecule has 0 aromatic heterocycles. The third kappa shape index (κ3) is 3.47. The number of anilines is 1. The van der Waals surface area contributed by atoms with Gasteiger partial charge in [-0.3, -0.25) is 4.72 Å². The van der Waals surface area contributed by atoms with Crippen LogP contribution in [-0.4, -0.2) is 14.2 Å². The topological polar surface area (TPSA) is 70.0 Å². The smallest absolute Gasteiger partial charge is 0.246 e. The molecule has 0 aliphatic heterocycles. The van der Waals surface area contributed by atoms with Crippen LogP contribution < -0.4 is 4.72 Å². The molecule has 0 amide bonds. The maximum atomic E-state index is 11.4. The third-order valence-corrected chi connectivity index (χ3v) is 3.97. The monoisotopic (exact) mass is 366 g/mol. The van der Waals surface area contributed by atoms with E-state index in [0.717, 1.165) is 5.56 Å². The molecule has 7 heteroatoms. The van der Waals surface area contributed by atoms with Crippen LogP contribution in [0.2, 0.25) is 0 Å². The van der Waals surface area contributed by atoms with Gasteiger partial charge in [0.2, 0.25) is 10.0 Å². The van der Waals surface area contributed by atoms with Gasteiger partial charge in [-0.1, -0.05) is 0 Å². The van der Waals surface area contributed by atoms with Gasteiger partial charge in [-0.25, -0.2) is 8.42 Å². The lowest BCUT2D eigenvalue weighted by atomic mass is 10.2. The second kappa shape index (κ2) is 5.17. The van der Waals surface area contributed by atoms with E-state index in [0.29, 0.717) is 14.6 Å². The highest BCUT2D eigenvalue weighted by Crippen LogP contribution is 2.32. The molecule has 0 saturated carbocycles. The molecule has 1 aromatic carbocycles. The number of halogens is 2. The molecule has 86 valence electrons. The Balaban J connectivity index is 3.13. The minimum absolute atomic E-state index is 0.404. The van der Waals surface area contributed by atoms with Gasteiger partial charge in [-0.15, -0.1) is 0 Å². The van der Waals surface area contributed by atoms with Crippen molar-refractivity contribution >= 4 is 47.6 Å². The van der Waals surface area contributed by atoms with E-state index < -0.39 is 15.8 Å². The molecule has 0 unspecified atom stereocenters. The maximum Gasteiger partial charge on any atom is 0.246 e. The van der Waals surface area contributed by atoms with Crippen molar-refractivity contribution in [2.75, 3.05) is 10.5 Å². The fourth-order valence-electron chi connectivity index (χ4n) is 1.07. The van der Waals surface area contributed by atoms with Crippen molar-refractivity contribution in [1.29, 1.82) is 5.26 Å². The second-order valence-electron chi connectivity index (χ2n) is 3.12. The number of hydrogen-bond donors (Lipinski definition) is 1. The van der Waals surface area contributed by atoms with Crippen LogP contribution in [0.15, 0.2) is 21.1 Å². The normalized spacial score (nSPS) is 10.9. The molecule has 0 bridgehead atoms. The molecule has 0 aliphatic rings. The first-order chi connectivity index (χ1) is 7.35. The average molecular weight is 368 g/mol. The summed E-state index contributed by atoms with van der Waals surface area (Å²) in [6.07, 6.45) is 0. The number of benzene rings is 1. The fourth-order valence-corrected chi connectivity index (χ4v) is 3.72. The molecule has 1 rings (SSSR count). The molecule has 0 atom stereocenters. The Morgan fingerprint density at radius 2 is 1.88 bits per heavy atom. The van der Waals surface area contributed by atoms with Crippen molar-refractivity contribution < 1.29 is 8.42 Å². The van der Waals surface area contributed by atoms with E-state index >= 15 is 0 Å². The van der Waals surface area contributed by atoms with Crippen LogP contribution in [0.5, 0.6) is 0 Å². The van der Waals surface area contributed by atoms with Crippen LogP contribution in [0, 0.1) is 18.3 Å². The SMILES string of the molecule is Cc1cc(Br)c(NS(=O)(=O)CC#N)c(Br)c1. The first-order valence-corrected chi connectivity index (χ1v) is 7.42. The average Bonchev–Trinajstić information content (AvgIpc) is 2.11. The summed E-state index contributed by atoms with van der Waals surface area (Å²) < 4.78 is 26.4. The highest BCUT2D eigenvalue weighted by atomic mass is 79.9. The Morgan fingerprint density at radius 1 is 1.38 bits per heavy atom. The highest BCUT2D eigenvalue weighted by Gasteiger charge is 2.14. The zero-order valence-corrected chi connectivity index (χ0v) is 12.3. The predicted octanol–water partition coefficient (Wildman–Crippen LogP) is 2.79. The number of nitriles is 1. The predicted molar refractivity (Wildman–Crippen MR) is 69.6 cm³/mol. The van der Waals surface area contributed by atoms with Gasteiger partial charge in [0.1, 0.15) is 0 Å². The van der Waals surface area contributed by atoms with E-state index in [9.17, 15) is 8.42 Å². The summed E-state index contributed by atoms with van der Waals surface area (Å²) in [6.45, 7) is 1.89. The van der Waals surface area contributed by atoms with Crippen LogP contribution >= 0.6 is 31.9 Å². The van der Waals surface area contributed by atoms with Gasteiger partial charge in [-0.05, 0) is 56.5 Å². The van der Waals surface area contributed by atoms with Crippen LogP contribution in [0.1, 0.15) is 5.56 Å². The van der Waals surface area contributed by atoms with Crippen LogP contribution in [0.25, 0.3) is 0 Å². The van der Waals surface area contributed by atoms with Gasteiger partial charge in [0.15, 0.2) is 5.75 Å². The number of rotatable bonds is 3. The van der Waals surface area contributed by atoms with Crippen molar-refractivity contribution in [3.05, 3.63) is 26.6 Å². The molecule has 0 heterocycles. The Kier molecular flexibility index (Phi) is 4.35. The first kappa shape index (κ1) is 13.5. The fraction of sp³-hybridized carbons (Fsp3) is 0.222. The minimum Gasteiger partial charge on any atom is -0.280 e. The zero-order valence-electron chi connectivity index (χ0n) is 8.29. The minimum atomic E-state index is -3.61. The van der Waals surface area contributed by atoms with Gasteiger partial charge in [0.05, 0.1) is 11.8 Å². The van der Waals surface area contributed by atoms with E-state index in [1.807, 2.05) is 6.92 Å². The summed E-state index contributed by atoms with van der Waals surface area (Å²) in [4.78, 5) is 0. The Labute approximate surface area is 111 Å². The highest BCUT2D eigenvalue weighted by molar-refractivity contribution is 9.11. The van der Waals surface area contributed by atoms with E-state index in [1.165, 1.54) is 0 Å². The summed E-state index contributed by atoms with van der Waals surface area (Å²) in [5.74, 6) is -0.570. The van der Waals surface area contributed by atoms with Crippen molar-refractivity contribution in [2.24, 2.45) is 0 Å². The number of aryl methyl sites for hydroxylation is 1. The number of nitrogens with one attached hydrogen (secondary N) is 1. The van der Waals surface area contributed by atoms with Crippen molar-refractivity contribution in [3.8, 4) is 6.07 Å². The molecular weight excluding hydrogens is 360 g/mol. The third-order valence-electron chi connectivity index (χ3n) is 1.70. The summed E-state index contributed by atoms with van der Waals surface area (Å²) >= 11 is 6.52. The van der Waals surface area contributed by atoms with Crippen molar-refractivity contribution in [1.82, 2.24) is 0 Å². The molecule has 1 N–H and O–H groups in total. The zero-order chi connectivity index (χ0) is 12.3. The molecule has 1 aromatic rings. The lowest BCUT2D eigenvalue weighted by molar-refractivity contribution is 0.604.